The number of amides is 1. The number of nitrogens with zero attached hydrogens (tertiary/aromatic N) is 3. The maximum Gasteiger partial charge on any atom is 0.292 e. The van der Waals surface area contributed by atoms with Gasteiger partial charge in [-0.05, 0) is 43.9 Å². The monoisotopic (exact) mass is 374 g/mol. The summed E-state index contributed by atoms with van der Waals surface area (Å²) < 4.78 is 1.27. The van der Waals surface area contributed by atoms with Crippen molar-refractivity contribution in [1.29, 1.82) is 0 Å². The van der Waals surface area contributed by atoms with Gasteiger partial charge < -0.3 is 0 Å². The van der Waals surface area contributed by atoms with Gasteiger partial charge in [-0.2, -0.15) is 14.9 Å². The first-order valence-electron chi connectivity index (χ1n) is 9.67. The second kappa shape index (κ2) is 8.17. The number of aromatic nitrogens is 2. The van der Waals surface area contributed by atoms with Gasteiger partial charge in [0.1, 0.15) is 0 Å². The second-order valence-corrected chi connectivity index (χ2v) is 6.98. The first-order valence-corrected chi connectivity index (χ1v) is 9.67. The van der Waals surface area contributed by atoms with Crippen molar-refractivity contribution in [3.05, 3.63) is 70.6 Å². The van der Waals surface area contributed by atoms with E-state index >= 15 is 0 Å². The molecule has 1 heterocycles. The fraction of sp³-hybridized carbons (Fsp3) is 0.273. The topological polar surface area (TPSA) is 76.3 Å². The summed E-state index contributed by atoms with van der Waals surface area (Å²) in [6, 6.07) is 16.1. The first kappa shape index (κ1) is 18.1. The van der Waals surface area contributed by atoms with Gasteiger partial charge in [0.05, 0.1) is 11.1 Å². The number of para-hydroxylation sites is 1. The number of carbonyl (C=O) groups is 1. The molecule has 2 aromatic carbocycles. The minimum absolute atomic E-state index is 0.192. The summed E-state index contributed by atoms with van der Waals surface area (Å²) in [7, 11) is 0. The van der Waals surface area contributed by atoms with Crippen molar-refractivity contribution < 1.29 is 4.79 Å². The SMILES string of the molecule is O=C(NN=C1CCCCCC1)c1nn(-c2ccccc2)c(=O)c2ccccc12. The molecule has 142 valence electrons. The minimum Gasteiger partial charge on any atom is -0.267 e. The lowest BCUT2D eigenvalue weighted by Gasteiger charge is -2.10. The average molecular weight is 374 g/mol. The Morgan fingerprint density at radius 2 is 1.54 bits per heavy atom. The lowest BCUT2D eigenvalue weighted by molar-refractivity contribution is 0.0950. The molecule has 6 nitrogen and oxygen atoms in total. The second-order valence-electron chi connectivity index (χ2n) is 6.98. The fourth-order valence-corrected chi connectivity index (χ4v) is 3.53. The highest BCUT2D eigenvalue weighted by Crippen LogP contribution is 2.16. The number of benzene rings is 2. The number of fused-ring (bicyclic) bond motifs is 1. The zero-order valence-electron chi connectivity index (χ0n) is 15.6. The summed E-state index contributed by atoms with van der Waals surface area (Å²) in [4.78, 5) is 25.8. The van der Waals surface area contributed by atoms with Crippen LogP contribution in [-0.4, -0.2) is 21.4 Å². The van der Waals surface area contributed by atoms with E-state index in [0.717, 1.165) is 31.4 Å². The van der Waals surface area contributed by atoms with Crippen LogP contribution in [0.1, 0.15) is 49.0 Å². The number of nitrogens with one attached hydrogen (secondary N) is 1. The molecule has 1 aliphatic carbocycles. The van der Waals surface area contributed by atoms with Crippen LogP contribution in [0.5, 0.6) is 0 Å². The number of rotatable bonds is 3. The van der Waals surface area contributed by atoms with Gasteiger partial charge in [0, 0.05) is 11.1 Å². The fourth-order valence-electron chi connectivity index (χ4n) is 3.53. The number of hydrogen-bond acceptors (Lipinski definition) is 4. The number of hydrazone groups is 1. The van der Waals surface area contributed by atoms with Gasteiger partial charge in [0.15, 0.2) is 5.69 Å². The Morgan fingerprint density at radius 1 is 0.893 bits per heavy atom. The van der Waals surface area contributed by atoms with Crippen LogP contribution in [0.2, 0.25) is 0 Å². The smallest absolute Gasteiger partial charge is 0.267 e. The molecule has 1 aliphatic rings. The molecule has 0 bridgehead atoms. The van der Waals surface area contributed by atoms with Gasteiger partial charge in [-0.1, -0.05) is 49.2 Å². The van der Waals surface area contributed by atoms with Crippen molar-refractivity contribution in [2.45, 2.75) is 38.5 Å². The lowest BCUT2D eigenvalue weighted by atomic mass is 10.1. The van der Waals surface area contributed by atoms with Crippen LogP contribution in [-0.2, 0) is 0 Å². The predicted octanol–water partition coefficient (Wildman–Crippen LogP) is 3.83. The molecule has 1 fully saturated rings. The van der Waals surface area contributed by atoms with Crippen molar-refractivity contribution in [1.82, 2.24) is 15.2 Å². The van der Waals surface area contributed by atoms with Crippen LogP contribution >= 0.6 is 0 Å². The maximum atomic E-state index is 12.9. The Morgan fingerprint density at radius 3 is 2.25 bits per heavy atom. The van der Waals surface area contributed by atoms with Gasteiger partial charge in [-0.15, -0.1) is 0 Å². The number of hydrogen-bond donors (Lipinski definition) is 1. The summed E-state index contributed by atoms with van der Waals surface area (Å²) in [5.74, 6) is -0.405. The van der Waals surface area contributed by atoms with Crippen molar-refractivity contribution in [2.24, 2.45) is 5.10 Å². The summed E-state index contributed by atoms with van der Waals surface area (Å²) >= 11 is 0. The largest absolute Gasteiger partial charge is 0.292 e. The molecule has 6 heteroatoms. The highest BCUT2D eigenvalue weighted by atomic mass is 16.2. The highest BCUT2D eigenvalue weighted by molar-refractivity contribution is 6.05. The first-order chi connectivity index (χ1) is 13.7. The van der Waals surface area contributed by atoms with Crippen LogP contribution in [0.3, 0.4) is 0 Å². The van der Waals surface area contributed by atoms with Crippen molar-refractivity contribution in [3.63, 3.8) is 0 Å². The highest BCUT2D eigenvalue weighted by Gasteiger charge is 2.17. The van der Waals surface area contributed by atoms with Gasteiger partial charge in [0.2, 0.25) is 0 Å². The molecule has 0 atom stereocenters. The molecular weight excluding hydrogens is 352 g/mol. The summed E-state index contributed by atoms with van der Waals surface area (Å²) in [6.07, 6.45) is 6.46. The zero-order valence-corrected chi connectivity index (χ0v) is 15.6. The van der Waals surface area contributed by atoms with Crippen molar-refractivity contribution >= 4 is 22.4 Å². The third-order valence-corrected chi connectivity index (χ3v) is 5.02. The van der Waals surface area contributed by atoms with E-state index in [0.29, 0.717) is 16.5 Å². The van der Waals surface area contributed by atoms with E-state index in [1.807, 2.05) is 18.2 Å². The average Bonchev–Trinajstić information content (AvgIpc) is 3.02. The molecule has 0 radical (unpaired) electrons. The predicted molar refractivity (Wildman–Crippen MR) is 110 cm³/mol. The van der Waals surface area contributed by atoms with Crippen molar-refractivity contribution in [3.8, 4) is 5.69 Å². The van der Waals surface area contributed by atoms with Crippen LogP contribution in [0.25, 0.3) is 16.5 Å². The van der Waals surface area contributed by atoms with E-state index in [1.165, 1.54) is 17.5 Å². The van der Waals surface area contributed by atoms with Gasteiger partial charge in [0.25, 0.3) is 11.5 Å². The van der Waals surface area contributed by atoms with Crippen molar-refractivity contribution in [2.75, 3.05) is 0 Å². The Balaban J connectivity index is 1.75. The third kappa shape index (κ3) is 3.71. The standard InChI is InChI=1S/C22H22N4O2/c27-21(24-23-16-10-4-1-2-5-11-16)20-18-14-8-9-15-19(18)22(28)26(25-20)17-12-6-3-7-13-17/h3,6-9,12-15H,1-2,4-5,10-11H2,(H,24,27). The molecule has 3 aromatic rings. The molecular formula is C22H22N4O2. The third-order valence-electron chi connectivity index (χ3n) is 5.02. The van der Waals surface area contributed by atoms with Gasteiger partial charge >= 0.3 is 0 Å². The summed E-state index contributed by atoms with van der Waals surface area (Å²) in [6.45, 7) is 0. The molecule has 0 spiro atoms. The van der Waals surface area contributed by atoms with Gasteiger partial charge in [-0.3, -0.25) is 9.59 Å². The van der Waals surface area contributed by atoms with E-state index < -0.39 is 5.91 Å². The van der Waals surface area contributed by atoms with E-state index in [1.54, 1.807) is 36.4 Å². The Kier molecular flexibility index (Phi) is 5.28. The minimum atomic E-state index is -0.405. The molecule has 1 N–H and O–H groups in total. The molecule has 1 saturated carbocycles. The quantitative estimate of drug-likeness (QED) is 0.559. The van der Waals surface area contributed by atoms with Crippen LogP contribution < -0.4 is 11.0 Å². The van der Waals surface area contributed by atoms with Crippen LogP contribution in [0, 0.1) is 0 Å². The molecule has 0 aliphatic heterocycles. The zero-order chi connectivity index (χ0) is 19.3. The van der Waals surface area contributed by atoms with E-state index in [-0.39, 0.29) is 11.3 Å². The molecule has 0 saturated heterocycles. The molecule has 4 rings (SSSR count). The van der Waals surface area contributed by atoms with Crippen LogP contribution in [0.15, 0.2) is 64.5 Å². The Bertz CT molecular complexity index is 1080. The summed E-state index contributed by atoms with van der Waals surface area (Å²) in [5.41, 5.74) is 4.23. The normalized spacial score (nSPS) is 14.5. The summed E-state index contributed by atoms with van der Waals surface area (Å²) in [5, 5.41) is 9.70. The number of carbonyl (C=O) groups excluding carboxylic acids is 1. The van der Waals surface area contributed by atoms with E-state index in [4.69, 9.17) is 0 Å². The molecule has 1 aromatic heterocycles. The molecule has 0 unspecified atom stereocenters. The molecule has 28 heavy (non-hydrogen) atoms. The van der Waals surface area contributed by atoms with E-state index in [2.05, 4.69) is 15.6 Å². The van der Waals surface area contributed by atoms with Crippen LogP contribution in [0.4, 0.5) is 0 Å². The lowest BCUT2D eigenvalue weighted by Crippen LogP contribution is -2.28. The molecule has 1 amide bonds. The van der Waals surface area contributed by atoms with E-state index in [9.17, 15) is 9.59 Å². The Hall–Kier alpha value is -3.28. The van der Waals surface area contributed by atoms with Gasteiger partial charge in [-0.25, -0.2) is 5.43 Å². The Labute approximate surface area is 162 Å². The maximum absolute atomic E-state index is 12.9.